The van der Waals surface area contributed by atoms with Gasteiger partial charge in [0, 0.05) is 19.8 Å². The highest BCUT2D eigenvalue weighted by Gasteiger charge is 2.19. The number of hydrogen-bond donors (Lipinski definition) is 1. The molecule has 4 nitrogen and oxygen atoms in total. The first-order valence-electron chi connectivity index (χ1n) is 6.95. The molecule has 0 aromatic heterocycles. The molecule has 1 atom stereocenters. The van der Waals surface area contributed by atoms with Crippen LogP contribution >= 0.6 is 0 Å². The third-order valence-corrected chi connectivity index (χ3v) is 3.81. The van der Waals surface area contributed by atoms with E-state index in [4.69, 9.17) is 14.6 Å². The first kappa shape index (κ1) is 13.3. The summed E-state index contributed by atoms with van der Waals surface area (Å²) >= 11 is 0. The van der Waals surface area contributed by atoms with Crippen molar-refractivity contribution in [2.24, 2.45) is 5.92 Å². The molecule has 2 fully saturated rings. The Morgan fingerprint density at radius 2 is 2.00 bits per heavy atom. The molecule has 17 heavy (non-hydrogen) atoms. The number of piperidine rings is 1. The minimum absolute atomic E-state index is 0.0405. The molecule has 1 unspecified atom stereocenters. The summed E-state index contributed by atoms with van der Waals surface area (Å²) in [5.74, 6) is 0.522. The van der Waals surface area contributed by atoms with E-state index in [-0.39, 0.29) is 6.29 Å². The lowest BCUT2D eigenvalue weighted by atomic mass is 9.98. The summed E-state index contributed by atoms with van der Waals surface area (Å²) < 4.78 is 11.3. The molecule has 0 aliphatic carbocycles. The summed E-state index contributed by atoms with van der Waals surface area (Å²) in [6, 6.07) is 0. The van der Waals surface area contributed by atoms with Crippen LogP contribution in [0.15, 0.2) is 0 Å². The zero-order valence-corrected chi connectivity index (χ0v) is 10.6. The van der Waals surface area contributed by atoms with Crippen LogP contribution in [-0.4, -0.2) is 55.8 Å². The SMILES string of the molecule is OCC1CCN(CCOC2CCCCO2)CC1. The van der Waals surface area contributed by atoms with Crippen LogP contribution in [-0.2, 0) is 9.47 Å². The number of nitrogens with zero attached hydrogens (tertiary/aromatic N) is 1. The highest BCUT2D eigenvalue weighted by Crippen LogP contribution is 2.17. The zero-order valence-electron chi connectivity index (χ0n) is 10.6. The lowest BCUT2D eigenvalue weighted by Crippen LogP contribution is -2.37. The zero-order chi connectivity index (χ0) is 11.9. The van der Waals surface area contributed by atoms with Crippen molar-refractivity contribution in [1.29, 1.82) is 0 Å². The second kappa shape index (κ2) is 7.31. The minimum atomic E-state index is 0.0405. The van der Waals surface area contributed by atoms with Gasteiger partial charge in [-0.15, -0.1) is 0 Å². The Morgan fingerprint density at radius 1 is 1.18 bits per heavy atom. The molecule has 0 amide bonds. The standard InChI is InChI=1S/C13H25NO3/c15-11-12-4-6-14(7-5-12)8-10-17-13-3-1-2-9-16-13/h12-13,15H,1-11H2. The largest absolute Gasteiger partial charge is 0.396 e. The Morgan fingerprint density at radius 3 is 2.65 bits per heavy atom. The molecule has 0 aromatic carbocycles. The van der Waals surface area contributed by atoms with E-state index < -0.39 is 0 Å². The van der Waals surface area contributed by atoms with Gasteiger partial charge in [0.05, 0.1) is 6.61 Å². The van der Waals surface area contributed by atoms with Crippen LogP contribution in [0.25, 0.3) is 0 Å². The molecule has 2 aliphatic heterocycles. The summed E-state index contributed by atoms with van der Waals surface area (Å²) in [5.41, 5.74) is 0. The van der Waals surface area contributed by atoms with Gasteiger partial charge in [-0.2, -0.15) is 0 Å². The fourth-order valence-electron chi connectivity index (χ4n) is 2.55. The molecule has 0 radical (unpaired) electrons. The van der Waals surface area contributed by atoms with E-state index >= 15 is 0 Å². The molecule has 0 saturated carbocycles. The highest BCUT2D eigenvalue weighted by atomic mass is 16.7. The fraction of sp³-hybridized carbons (Fsp3) is 1.00. The third-order valence-electron chi connectivity index (χ3n) is 3.81. The molecular formula is C13H25NO3. The molecule has 0 spiro atoms. The average Bonchev–Trinajstić information content (AvgIpc) is 2.41. The van der Waals surface area contributed by atoms with E-state index in [1.165, 1.54) is 12.8 Å². The van der Waals surface area contributed by atoms with E-state index in [1.807, 2.05) is 0 Å². The fourth-order valence-corrected chi connectivity index (χ4v) is 2.55. The molecule has 0 aromatic rings. The van der Waals surface area contributed by atoms with Gasteiger partial charge in [0.15, 0.2) is 6.29 Å². The Hall–Kier alpha value is -0.160. The van der Waals surface area contributed by atoms with Crippen LogP contribution in [0.5, 0.6) is 0 Å². The normalized spacial score (nSPS) is 28.4. The number of aliphatic hydroxyl groups excluding tert-OH is 1. The third kappa shape index (κ3) is 4.54. The van der Waals surface area contributed by atoms with Crippen LogP contribution in [0.2, 0.25) is 0 Å². The molecule has 2 heterocycles. The predicted octanol–water partition coefficient (Wildman–Crippen LogP) is 1.23. The Bertz CT molecular complexity index is 199. The summed E-state index contributed by atoms with van der Waals surface area (Å²) in [7, 11) is 0. The van der Waals surface area contributed by atoms with Crippen molar-refractivity contribution in [2.45, 2.75) is 38.4 Å². The van der Waals surface area contributed by atoms with E-state index in [2.05, 4.69) is 4.90 Å². The second-order valence-electron chi connectivity index (χ2n) is 5.13. The highest BCUT2D eigenvalue weighted by molar-refractivity contribution is 4.71. The Labute approximate surface area is 104 Å². The van der Waals surface area contributed by atoms with Crippen molar-refractivity contribution >= 4 is 0 Å². The average molecular weight is 243 g/mol. The summed E-state index contributed by atoms with van der Waals surface area (Å²) in [6.45, 7) is 5.17. The minimum Gasteiger partial charge on any atom is -0.396 e. The van der Waals surface area contributed by atoms with Crippen molar-refractivity contribution < 1.29 is 14.6 Å². The van der Waals surface area contributed by atoms with Gasteiger partial charge in [0.2, 0.25) is 0 Å². The van der Waals surface area contributed by atoms with Crippen LogP contribution in [0.3, 0.4) is 0 Å². The molecule has 1 N–H and O–H groups in total. The first-order chi connectivity index (χ1) is 8.38. The summed E-state index contributed by atoms with van der Waals surface area (Å²) in [4.78, 5) is 2.43. The smallest absolute Gasteiger partial charge is 0.157 e. The van der Waals surface area contributed by atoms with Crippen molar-refractivity contribution in [2.75, 3.05) is 39.5 Å². The topological polar surface area (TPSA) is 41.9 Å². The number of likely N-dealkylation sites (tertiary alicyclic amines) is 1. The van der Waals surface area contributed by atoms with Gasteiger partial charge in [0.25, 0.3) is 0 Å². The van der Waals surface area contributed by atoms with Crippen molar-refractivity contribution in [3.05, 3.63) is 0 Å². The monoisotopic (exact) mass is 243 g/mol. The van der Waals surface area contributed by atoms with E-state index in [0.717, 1.165) is 52.1 Å². The lowest BCUT2D eigenvalue weighted by molar-refractivity contribution is -0.164. The van der Waals surface area contributed by atoms with E-state index in [9.17, 15) is 0 Å². The lowest BCUT2D eigenvalue weighted by Gasteiger charge is -2.31. The maximum Gasteiger partial charge on any atom is 0.157 e. The van der Waals surface area contributed by atoms with Crippen molar-refractivity contribution in [3.8, 4) is 0 Å². The molecular weight excluding hydrogens is 218 g/mol. The van der Waals surface area contributed by atoms with Crippen LogP contribution in [0, 0.1) is 5.92 Å². The molecule has 2 aliphatic rings. The number of hydrogen-bond acceptors (Lipinski definition) is 4. The van der Waals surface area contributed by atoms with Gasteiger partial charge in [-0.1, -0.05) is 0 Å². The van der Waals surface area contributed by atoms with Gasteiger partial charge in [-0.3, -0.25) is 0 Å². The maximum atomic E-state index is 9.06. The predicted molar refractivity (Wildman–Crippen MR) is 65.8 cm³/mol. The molecule has 4 heteroatoms. The summed E-state index contributed by atoms with van der Waals surface area (Å²) in [6.07, 6.45) is 5.74. The van der Waals surface area contributed by atoms with Crippen LogP contribution in [0.1, 0.15) is 32.1 Å². The Balaban J connectivity index is 1.53. The number of rotatable bonds is 5. The van der Waals surface area contributed by atoms with Gasteiger partial charge in [-0.05, 0) is 51.1 Å². The van der Waals surface area contributed by atoms with Gasteiger partial charge < -0.3 is 19.5 Å². The molecule has 2 saturated heterocycles. The van der Waals surface area contributed by atoms with E-state index in [0.29, 0.717) is 12.5 Å². The quantitative estimate of drug-likeness (QED) is 0.788. The number of aliphatic hydroxyl groups is 1. The van der Waals surface area contributed by atoms with Crippen LogP contribution in [0.4, 0.5) is 0 Å². The molecule has 0 bridgehead atoms. The van der Waals surface area contributed by atoms with Gasteiger partial charge in [0.1, 0.15) is 0 Å². The summed E-state index contributed by atoms with van der Waals surface area (Å²) in [5, 5.41) is 9.06. The van der Waals surface area contributed by atoms with Crippen molar-refractivity contribution in [1.82, 2.24) is 4.90 Å². The molecule has 100 valence electrons. The van der Waals surface area contributed by atoms with Crippen molar-refractivity contribution in [3.63, 3.8) is 0 Å². The van der Waals surface area contributed by atoms with Gasteiger partial charge >= 0.3 is 0 Å². The number of ether oxygens (including phenoxy) is 2. The first-order valence-corrected chi connectivity index (χ1v) is 6.95. The van der Waals surface area contributed by atoms with Gasteiger partial charge in [-0.25, -0.2) is 0 Å². The Kier molecular flexibility index (Phi) is 5.71. The van der Waals surface area contributed by atoms with E-state index in [1.54, 1.807) is 0 Å². The molecule has 2 rings (SSSR count). The maximum absolute atomic E-state index is 9.06. The van der Waals surface area contributed by atoms with Crippen LogP contribution < -0.4 is 0 Å². The second-order valence-corrected chi connectivity index (χ2v) is 5.13.